The Bertz CT molecular complexity index is 348. The Hall–Kier alpha value is -1.06. The number of hydrogen-bond donors (Lipinski definition) is 2. The van der Waals surface area contributed by atoms with Crippen LogP contribution in [0.15, 0.2) is 24.3 Å². The molecule has 1 aliphatic heterocycles. The fraction of sp³-hybridized carbons (Fsp3) is 0.600. The fourth-order valence-corrected chi connectivity index (χ4v) is 2.33. The van der Waals surface area contributed by atoms with Crippen molar-refractivity contribution < 1.29 is 9.84 Å². The highest BCUT2D eigenvalue weighted by atomic mass is 16.5. The number of aliphatic hydroxyl groups excluding tert-OH is 1. The van der Waals surface area contributed by atoms with Gasteiger partial charge in [-0.3, -0.25) is 0 Å². The van der Waals surface area contributed by atoms with Gasteiger partial charge in [-0.1, -0.05) is 12.1 Å². The molecule has 100 valence electrons. The first-order chi connectivity index (χ1) is 8.88. The smallest absolute Gasteiger partial charge is 0.0469 e. The van der Waals surface area contributed by atoms with Crippen LogP contribution in [0.25, 0.3) is 0 Å². The van der Waals surface area contributed by atoms with Crippen molar-refractivity contribution in [1.29, 1.82) is 0 Å². The van der Waals surface area contributed by atoms with Crippen molar-refractivity contribution in [1.82, 2.24) is 0 Å². The molecule has 3 heteroatoms. The third kappa shape index (κ3) is 4.31. The predicted octanol–water partition coefficient (Wildman–Crippen LogP) is 2.45. The topological polar surface area (TPSA) is 41.5 Å². The van der Waals surface area contributed by atoms with E-state index < -0.39 is 0 Å². The number of nitrogens with one attached hydrogen (secondary N) is 1. The van der Waals surface area contributed by atoms with E-state index in [1.54, 1.807) is 0 Å². The molecular weight excluding hydrogens is 226 g/mol. The second-order valence-corrected chi connectivity index (χ2v) is 4.96. The monoisotopic (exact) mass is 249 g/mol. The van der Waals surface area contributed by atoms with Crippen LogP contribution >= 0.6 is 0 Å². The van der Waals surface area contributed by atoms with E-state index in [0.29, 0.717) is 0 Å². The Labute approximate surface area is 109 Å². The lowest BCUT2D eigenvalue weighted by Crippen LogP contribution is -2.22. The third-order valence-corrected chi connectivity index (χ3v) is 3.49. The molecule has 0 bridgehead atoms. The summed E-state index contributed by atoms with van der Waals surface area (Å²) in [5.74, 6) is 0.736. The number of hydrogen-bond acceptors (Lipinski definition) is 3. The summed E-state index contributed by atoms with van der Waals surface area (Å²) in [6, 6.07) is 8.51. The van der Waals surface area contributed by atoms with Gasteiger partial charge in [0.25, 0.3) is 0 Å². The van der Waals surface area contributed by atoms with Gasteiger partial charge in [0, 0.05) is 32.1 Å². The molecule has 1 heterocycles. The maximum atomic E-state index is 8.84. The molecule has 1 fully saturated rings. The molecule has 0 amide bonds. The summed E-state index contributed by atoms with van der Waals surface area (Å²) in [4.78, 5) is 0. The average molecular weight is 249 g/mol. The van der Waals surface area contributed by atoms with Crippen LogP contribution in [-0.2, 0) is 11.2 Å². The van der Waals surface area contributed by atoms with E-state index in [2.05, 4.69) is 29.6 Å². The Balaban J connectivity index is 1.80. The zero-order valence-electron chi connectivity index (χ0n) is 10.9. The number of ether oxygens (including phenoxy) is 1. The summed E-state index contributed by atoms with van der Waals surface area (Å²) in [5, 5.41) is 12.4. The lowest BCUT2D eigenvalue weighted by molar-refractivity contribution is 0.0699. The minimum atomic E-state index is 0.264. The van der Waals surface area contributed by atoms with Crippen LogP contribution in [0, 0.1) is 5.92 Å². The molecule has 18 heavy (non-hydrogen) atoms. The van der Waals surface area contributed by atoms with Gasteiger partial charge >= 0.3 is 0 Å². The molecule has 1 aromatic rings. The Kier molecular flexibility index (Phi) is 5.49. The molecule has 0 atom stereocenters. The summed E-state index contributed by atoms with van der Waals surface area (Å²) in [5.41, 5.74) is 2.48. The highest BCUT2D eigenvalue weighted by Crippen LogP contribution is 2.17. The van der Waals surface area contributed by atoms with Crippen molar-refractivity contribution in [3.63, 3.8) is 0 Å². The molecule has 1 saturated heterocycles. The molecule has 1 aliphatic rings. The number of aryl methyl sites for hydroxylation is 1. The maximum Gasteiger partial charge on any atom is 0.0469 e. The van der Waals surface area contributed by atoms with E-state index >= 15 is 0 Å². The molecule has 2 rings (SSSR count). The second-order valence-electron chi connectivity index (χ2n) is 4.96. The summed E-state index contributed by atoms with van der Waals surface area (Å²) >= 11 is 0. The van der Waals surface area contributed by atoms with Gasteiger partial charge in [0.05, 0.1) is 0 Å². The highest BCUT2D eigenvalue weighted by molar-refractivity contribution is 5.45. The van der Waals surface area contributed by atoms with Crippen LogP contribution in [0.4, 0.5) is 5.69 Å². The fourth-order valence-electron chi connectivity index (χ4n) is 2.33. The number of benzene rings is 1. The van der Waals surface area contributed by atoms with E-state index in [4.69, 9.17) is 9.84 Å². The highest BCUT2D eigenvalue weighted by Gasteiger charge is 2.13. The van der Waals surface area contributed by atoms with Crippen LogP contribution in [0.2, 0.25) is 0 Å². The van der Waals surface area contributed by atoms with Crippen molar-refractivity contribution >= 4 is 5.69 Å². The van der Waals surface area contributed by atoms with Crippen molar-refractivity contribution in [2.24, 2.45) is 5.92 Å². The van der Waals surface area contributed by atoms with Gasteiger partial charge in [-0.25, -0.2) is 0 Å². The van der Waals surface area contributed by atoms with Crippen LogP contribution in [-0.4, -0.2) is 31.5 Å². The van der Waals surface area contributed by atoms with Gasteiger partial charge in [0.15, 0.2) is 0 Å². The standard InChI is InChI=1S/C15H23NO2/c17-8-2-4-13-3-1-5-15(11-13)16-12-14-6-9-18-10-7-14/h1,3,5,11,14,16-17H,2,4,6-10,12H2. The van der Waals surface area contributed by atoms with Gasteiger partial charge in [-0.2, -0.15) is 0 Å². The van der Waals surface area contributed by atoms with E-state index in [0.717, 1.165) is 51.4 Å². The molecule has 0 saturated carbocycles. The Morgan fingerprint density at radius 1 is 1.28 bits per heavy atom. The molecule has 0 aliphatic carbocycles. The molecular formula is C15H23NO2. The predicted molar refractivity (Wildman–Crippen MR) is 73.9 cm³/mol. The summed E-state index contributed by atoms with van der Waals surface area (Å²) < 4.78 is 5.36. The lowest BCUT2D eigenvalue weighted by Gasteiger charge is -2.22. The number of rotatable bonds is 6. The van der Waals surface area contributed by atoms with Gasteiger partial charge in [0.1, 0.15) is 0 Å². The molecule has 0 aromatic heterocycles. The van der Waals surface area contributed by atoms with Crippen LogP contribution in [0.1, 0.15) is 24.8 Å². The minimum Gasteiger partial charge on any atom is -0.396 e. The normalized spacial score (nSPS) is 16.7. The quantitative estimate of drug-likeness (QED) is 0.813. The summed E-state index contributed by atoms with van der Waals surface area (Å²) in [7, 11) is 0. The van der Waals surface area contributed by atoms with Gasteiger partial charge < -0.3 is 15.2 Å². The van der Waals surface area contributed by atoms with Gasteiger partial charge in [0.2, 0.25) is 0 Å². The second kappa shape index (κ2) is 7.39. The zero-order valence-corrected chi connectivity index (χ0v) is 10.9. The number of anilines is 1. The SMILES string of the molecule is OCCCc1cccc(NCC2CCOCC2)c1. The molecule has 0 spiro atoms. The molecule has 3 nitrogen and oxygen atoms in total. The molecule has 1 aromatic carbocycles. The molecule has 2 N–H and O–H groups in total. The lowest BCUT2D eigenvalue weighted by atomic mass is 10.0. The summed E-state index contributed by atoms with van der Waals surface area (Å²) in [6.45, 7) is 3.11. The zero-order chi connectivity index (χ0) is 12.6. The van der Waals surface area contributed by atoms with Crippen molar-refractivity contribution in [2.45, 2.75) is 25.7 Å². The van der Waals surface area contributed by atoms with Crippen molar-refractivity contribution in [3.8, 4) is 0 Å². The van der Waals surface area contributed by atoms with E-state index in [9.17, 15) is 0 Å². The Morgan fingerprint density at radius 3 is 2.89 bits per heavy atom. The molecule has 0 unspecified atom stereocenters. The van der Waals surface area contributed by atoms with Crippen molar-refractivity contribution in [2.75, 3.05) is 31.7 Å². The van der Waals surface area contributed by atoms with Gasteiger partial charge in [-0.05, 0) is 49.3 Å². The van der Waals surface area contributed by atoms with Crippen LogP contribution in [0.5, 0.6) is 0 Å². The number of aliphatic hydroxyl groups is 1. The summed E-state index contributed by atoms with van der Waals surface area (Å²) in [6.07, 6.45) is 4.11. The van der Waals surface area contributed by atoms with Crippen molar-refractivity contribution in [3.05, 3.63) is 29.8 Å². The van der Waals surface area contributed by atoms with Crippen LogP contribution < -0.4 is 5.32 Å². The van der Waals surface area contributed by atoms with E-state index in [1.807, 2.05) is 0 Å². The molecule has 0 radical (unpaired) electrons. The first-order valence-corrected chi connectivity index (χ1v) is 6.90. The van der Waals surface area contributed by atoms with Crippen LogP contribution in [0.3, 0.4) is 0 Å². The average Bonchev–Trinajstić information content (AvgIpc) is 2.44. The largest absolute Gasteiger partial charge is 0.396 e. The van der Waals surface area contributed by atoms with E-state index in [-0.39, 0.29) is 6.61 Å². The van der Waals surface area contributed by atoms with E-state index in [1.165, 1.54) is 11.3 Å². The maximum absolute atomic E-state index is 8.84. The first kappa shape index (κ1) is 13.4. The first-order valence-electron chi connectivity index (χ1n) is 6.90. The Morgan fingerprint density at radius 2 is 2.11 bits per heavy atom. The third-order valence-electron chi connectivity index (χ3n) is 3.49. The van der Waals surface area contributed by atoms with Gasteiger partial charge in [-0.15, -0.1) is 0 Å². The minimum absolute atomic E-state index is 0.264.